The first-order chi connectivity index (χ1) is 11.7. The summed E-state index contributed by atoms with van der Waals surface area (Å²) in [5.41, 5.74) is 0.0395. The van der Waals surface area contributed by atoms with Gasteiger partial charge in [0.2, 0.25) is 0 Å². The van der Waals surface area contributed by atoms with Gasteiger partial charge in [0.05, 0.1) is 0 Å². The molecule has 0 aromatic rings. The van der Waals surface area contributed by atoms with Crippen molar-refractivity contribution in [3.8, 4) is 0 Å². The SMILES string of the molecule is CC(C)C[N-]C(C)CC(C)[N-]CC(C)C.CC(C)[N-]C(C)[N-]C(C)(C)C.[Co]. The molecule has 0 N–H and O–H groups in total. The maximum absolute atomic E-state index is 4.63. The summed E-state index contributed by atoms with van der Waals surface area (Å²) >= 11 is 0. The molecule has 0 amide bonds. The summed E-state index contributed by atoms with van der Waals surface area (Å²) in [6.07, 6.45) is 1.23. The largest absolute Gasteiger partial charge is 0.676 e. The molecular formula is C22H48CoN4-4. The van der Waals surface area contributed by atoms with E-state index in [0.717, 1.165) is 19.5 Å². The van der Waals surface area contributed by atoms with E-state index in [-0.39, 0.29) is 28.5 Å². The fraction of sp³-hybridized carbons (Fsp3) is 1.00. The van der Waals surface area contributed by atoms with E-state index < -0.39 is 0 Å². The summed E-state index contributed by atoms with van der Waals surface area (Å²) in [6.45, 7) is 27.7. The van der Waals surface area contributed by atoms with Gasteiger partial charge >= 0.3 is 0 Å². The molecule has 3 unspecified atom stereocenters. The second-order valence-corrected chi connectivity index (χ2v) is 9.63. The van der Waals surface area contributed by atoms with Crippen LogP contribution in [-0.4, -0.2) is 42.9 Å². The molecule has 0 aliphatic heterocycles. The maximum Gasteiger partial charge on any atom is 0 e. The van der Waals surface area contributed by atoms with Crippen LogP contribution in [0.1, 0.15) is 89.5 Å². The van der Waals surface area contributed by atoms with E-state index in [4.69, 9.17) is 0 Å². The van der Waals surface area contributed by atoms with Crippen molar-refractivity contribution in [2.24, 2.45) is 11.8 Å². The third-order valence-corrected chi connectivity index (χ3v) is 3.33. The van der Waals surface area contributed by atoms with Crippen LogP contribution >= 0.6 is 0 Å². The van der Waals surface area contributed by atoms with Gasteiger partial charge in [-0.1, -0.05) is 94.4 Å². The zero-order chi connectivity index (χ0) is 20.9. The quantitative estimate of drug-likeness (QED) is 0.328. The zero-order valence-electron chi connectivity index (χ0n) is 20.2. The standard InChI is InChI=1S/C13H28N2.C9H20N2.Co/c1-10(2)8-14-12(5)7-13(6)15-9-11(3)4;1-7(2)10-8(3)11-9(4,5)6;/h10-13H,7-9H2,1-6H3;7-8H,1-6H3;/q2*-2;. The molecule has 0 saturated heterocycles. The molecule has 0 aromatic carbocycles. The Bertz CT molecular complexity index is 298. The van der Waals surface area contributed by atoms with Gasteiger partial charge in [0.25, 0.3) is 0 Å². The van der Waals surface area contributed by atoms with E-state index in [1.165, 1.54) is 0 Å². The van der Waals surface area contributed by atoms with Crippen LogP contribution in [0.3, 0.4) is 0 Å². The molecule has 4 nitrogen and oxygen atoms in total. The smallest absolute Gasteiger partial charge is 0 e. The van der Waals surface area contributed by atoms with E-state index in [1.807, 2.05) is 6.92 Å². The first-order valence-electron chi connectivity index (χ1n) is 10.5. The predicted molar refractivity (Wildman–Crippen MR) is 121 cm³/mol. The van der Waals surface area contributed by atoms with Gasteiger partial charge in [0, 0.05) is 16.8 Å². The molecule has 5 heteroatoms. The number of hydrogen-bond donors (Lipinski definition) is 0. The summed E-state index contributed by atoms with van der Waals surface area (Å²) in [5, 5.41) is 18.1. The van der Waals surface area contributed by atoms with Gasteiger partial charge in [-0.3, -0.25) is 0 Å². The Hall–Kier alpha value is 0.346. The van der Waals surface area contributed by atoms with Crippen molar-refractivity contribution >= 4 is 0 Å². The molecule has 169 valence electrons. The molecule has 0 spiro atoms. The third-order valence-electron chi connectivity index (χ3n) is 3.33. The van der Waals surface area contributed by atoms with Crippen LogP contribution in [0.15, 0.2) is 0 Å². The van der Waals surface area contributed by atoms with Gasteiger partial charge in [-0.2, -0.15) is 0 Å². The Morgan fingerprint density at radius 2 is 1.04 bits per heavy atom. The summed E-state index contributed by atoms with van der Waals surface area (Å²) < 4.78 is 0. The van der Waals surface area contributed by atoms with Crippen LogP contribution in [0.2, 0.25) is 0 Å². The first-order valence-corrected chi connectivity index (χ1v) is 10.5. The van der Waals surface area contributed by atoms with E-state index in [2.05, 4.69) is 97.4 Å². The van der Waals surface area contributed by atoms with Gasteiger partial charge in [0.15, 0.2) is 0 Å². The minimum absolute atomic E-state index is 0. The second-order valence-electron chi connectivity index (χ2n) is 9.63. The molecule has 0 aliphatic rings. The van der Waals surface area contributed by atoms with Crippen LogP contribution in [0.4, 0.5) is 0 Å². The minimum Gasteiger partial charge on any atom is -0.676 e. The third kappa shape index (κ3) is 28.7. The summed E-state index contributed by atoms with van der Waals surface area (Å²) in [6, 6.07) is 1.30. The fourth-order valence-corrected chi connectivity index (χ4v) is 2.45. The Balaban J connectivity index is -0.000000430. The second kappa shape index (κ2) is 17.2. The molecule has 0 bridgehead atoms. The van der Waals surface area contributed by atoms with Crippen LogP contribution in [0.5, 0.6) is 0 Å². The Morgan fingerprint density at radius 3 is 1.30 bits per heavy atom. The molecular weight excluding hydrogens is 379 g/mol. The molecule has 0 fully saturated rings. The Morgan fingerprint density at radius 1 is 0.667 bits per heavy atom. The van der Waals surface area contributed by atoms with Gasteiger partial charge in [-0.05, 0) is 0 Å². The average molecular weight is 428 g/mol. The molecule has 1 radical (unpaired) electrons. The minimum atomic E-state index is 0. The van der Waals surface area contributed by atoms with Crippen molar-refractivity contribution in [1.29, 1.82) is 0 Å². The van der Waals surface area contributed by atoms with E-state index in [1.54, 1.807) is 0 Å². The summed E-state index contributed by atoms with van der Waals surface area (Å²) in [5.74, 6) is 1.35. The number of nitrogens with zero attached hydrogens (tertiary/aromatic N) is 4. The molecule has 0 heterocycles. The molecule has 0 rings (SSSR count). The average Bonchev–Trinajstić information content (AvgIpc) is 2.40. The first kappa shape index (κ1) is 32.0. The molecule has 27 heavy (non-hydrogen) atoms. The van der Waals surface area contributed by atoms with Crippen molar-refractivity contribution in [3.05, 3.63) is 21.3 Å². The molecule has 0 saturated carbocycles. The van der Waals surface area contributed by atoms with Gasteiger partial charge in [-0.15, -0.1) is 43.7 Å². The molecule has 0 aliphatic carbocycles. The van der Waals surface area contributed by atoms with E-state index >= 15 is 0 Å². The van der Waals surface area contributed by atoms with Crippen molar-refractivity contribution in [1.82, 2.24) is 0 Å². The monoisotopic (exact) mass is 427 g/mol. The topological polar surface area (TPSA) is 56.4 Å². The normalized spacial score (nSPS) is 15.2. The Labute approximate surface area is 182 Å². The van der Waals surface area contributed by atoms with Crippen LogP contribution in [0.25, 0.3) is 21.3 Å². The number of rotatable bonds is 11. The van der Waals surface area contributed by atoms with Crippen LogP contribution in [-0.2, 0) is 16.8 Å². The molecule has 3 atom stereocenters. The van der Waals surface area contributed by atoms with Crippen LogP contribution < -0.4 is 0 Å². The van der Waals surface area contributed by atoms with Gasteiger partial charge in [-0.25, -0.2) is 6.17 Å². The predicted octanol–water partition coefficient (Wildman–Crippen LogP) is 7.50. The molecule has 0 aromatic heterocycles. The van der Waals surface area contributed by atoms with Crippen molar-refractivity contribution < 1.29 is 16.8 Å². The summed E-state index contributed by atoms with van der Waals surface area (Å²) in [7, 11) is 0. The fourth-order valence-electron chi connectivity index (χ4n) is 2.45. The Kier molecular flexibility index (Phi) is 20.4. The van der Waals surface area contributed by atoms with Gasteiger partial charge < -0.3 is 21.3 Å². The van der Waals surface area contributed by atoms with Gasteiger partial charge in [0.1, 0.15) is 0 Å². The van der Waals surface area contributed by atoms with Crippen molar-refractivity contribution in [2.75, 3.05) is 13.1 Å². The zero-order valence-corrected chi connectivity index (χ0v) is 21.2. The van der Waals surface area contributed by atoms with E-state index in [9.17, 15) is 0 Å². The number of hydrogen-bond acceptors (Lipinski definition) is 0. The van der Waals surface area contributed by atoms with Crippen LogP contribution in [0, 0.1) is 11.8 Å². The summed E-state index contributed by atoms with van der Waals surface area (Å²) in [4.78, 5) is 0. The van der Waals surface area contributed by atoms with Crippen molar-refractivity contribution in [3.63, 3.8) is 0 Å². The van der Waals surface area contributed by atoms with E-state index in [0.29, 0.717) is 30.0 Å². The van der Waals surface area contributed by atoms with Crippen molar-refractivity contribution in [2.45, 2.75) is 119 Å². The maximum atomic E-state index is 4.63.